The van der Waals surface area contributed by atoms with Gasteiger partial charge in [0.2, 0.25) is 10.3 Å². The van der Waals surface area contributed by atoms with Gasteiger partial charge < -0.3 is 14.8 Å². The first-order chi connectivity index (χ1) is 13.4. The zero-order valence-corrected chi connectivity index (χ0v) is 16.4. The lowest BCUT2D eigenvalue weighted by atomic mass is 9.94. The van der Waals surface area contributed by atoms with E-state index in [2.05, 4.69) is 9.97 Å². The first kappa shape index (κ1) is 19.7. The number of aliphatic carboxylic acids is 1. The maximum Gasteiger partial charge on any atom is 0.315 e. The fourth-order valence-electron chi connectivity index (χ4n) is 2.77. The molecule has 1 unspecified atom stereocenters. The van der Waals surface area contributed by atoms with Crippen LogP contribution in [0.4, 0.5) is 0 Å². The normalized spacial score (nSPS) is 16.2. The summed E-state index contributed by atoms with van der Waals surface area (Å²) in [4.78, 5) is 18.9. The lowest BCUT2D eigenvalue weighted by molar-refractivity contribution is -0.138. The number of carboxylic acids is 1. The Morgan fingerprint density at radius 3 is 2.61 bits per heavy atom. The number of carboxylic acid groups (broad SMARTS) is 1. The van der Waals surface area contributed by atoms with Crippen LogP contribution in [0.5, 0.6) is 5.75 Å². The molecule has 1 atom stereocenters. The molecule has 2 N–H and O–H groups in total. The molecule has 1 heterocycles. The van der Waals surface area contributed by atoms with Gasteiger partial charge in [-0.1, -0.05) is 30.4 Å². The Balaban J connectivity index is 1.78. The average Bonchev–Trinajstić information content (AvgIpc) is 3.16. The molecule has 7 nitrogen and oxygen atoms in total. The Labute approximate surface area is 167 Å². The van der Waals surface area contributed by atoms with E-state index >= 15 is 0 Å². The Kier molecular flexibility index (Phi) is 5.86. The Bertz CT molecular complexity index is 1100. The van der Waals surface area contributed by atoms with Gasteiger partial charge in [-0.2, -0.15) is 8.42 Å². The smallest absolute Gasteiger partial charge is 0.315 e. The molecule has 9 heteroatoms. The van der Waals surface area contributed by atoms with Crippen LogP contribution >= 0.6 is 12.2 Å². The van der Waals surface area contributed by atoms with Crippen LogP contribution in [0, 0.1) is 5.92 Å². The second-order valence-corrected chi connectivity index (χ2v) is 7.43. The number of hydrogen-bond acceptors (Lipinski definition) is 6. The van der Waals surface area contributed by atoms with Crippen molar-refractivity contribution in [3.05, 3.63) is 71.5 Å². The van der Waals surface area contributed by atoms with Crippen molar-refractivity contribution in [1.82, 2.24) is 9.97 Å². The summed E-state index contributed by atoms with van der Waals surface area (Å²) < 4.78 is 28.7. The number of hydrogen-bond donors (Lipinski definition) is 2. The number of thiocarbonyl (C=S) groups is 1. The number of H-pyrrole nitrogens is 1. The van der Waals surface area contributed by atoms with E-state index in [1.165, 1.54) is 19.1 Å². The number of nitrogens with zero attached hydrogens (tertiary/aromatic N) is 1. The number of nitrogens with one attached hydrogen (secondary N) is 1. The van der Waals surface area contributed by atoms with E-state index in [1.54, 1.807) is 36.7 Å². The second-order valence-electron chi connectivity index (χ2n) is 6.03. The van der Waals surface area contributed by atoms with Crippen molar-refractivity contribution in [2.75, 3.05) is 0 Å². The zero-order chi connectivity index (χ0) is 20.3. The van der Waals surface area contributed by atoms with Gasteiger partial charge in [0, 0.05) is 29.3 Å². The van der Waals surface area contributed by atoms with E-state index in [9.17, 15) is 18.3 Å². The molecule has 0 bridgehead atoms. The molecule has 0 fully saturated rings. The summed E-state index contributed by atoms with van der Waals surface area (Å²) in [7, 11) is -2.67. The molecule has 0 saturated carbocycles. The van der Waals surface area contributed by atoms with Gasteiger partial charge in [-0.3, -0.25) is 4.79 Å². The van der Waals surface area contributed by atoms with E-state index in [0.29, 0.717) is 12.2 Å². The third kappa shape index (κ3) is 4.26. The van der Waals surface area contributed by atoms with E-state index in [0.717, 1.165) is 16.3 Å². The van der Waals surface area contributed by atoms with Crippen LogP contribution in [0.15, 0.2) is 60.1 Å². The van der Waals surface area contributed by atoms with Gasteiger partial charge >= 0.3 is 5.97 Å². The molecule has 1 aromatic heterocycles. The third-order valence-electron chi connectivity index (χ3n) is 4.19. The van der Waals surface area contributed by atoms with Gasteiger partial charge in [0.15, 0.2) is 0 Å². The van der Waals surface area contributed by atoms with Crippen molar-refractivity contribution in [2.45, 2.75) is 13.3 Å². The molecule has 2 aromatic rings. The standard InChI is InChI=1S/C19H16N2O5S2/c1-11-15(7-6-14(19(22)23)18(11)28(24)25)26-13-4-2-12(3-5-13)16(27)10-17-20-8-9-21-17/h2-9,14H,10H2,1H3,(H,20,21)(H,22,23). The van der Waals surface area contributed by atoms with E-state index < -0.39 is 22.2 Å². The summed E-state index contributed by atoms with van der Waals surface area (Å²) in [5.41, 5.74) is 1.11. The fourth-order valence-corrected chi connectivity index (χ4v) is 3.78. The van der Waals surface area contributed by atoms with E-state index in [4.69, 9.17) is 17.0 Å². The predicted octanol–water partition coefficient (Wildman–Crippen LogP) is 2.35. The van der Waals surface area contributed by atoms with Crippen LogP contribution < -0.4 is 4.74 Å². The highest BCUT2D eigenvalue weighted by atomic mass is 32.2. The van der Waals surface area contributed by atoms with Crippen LogP contribution in [-0.4, -0.2) is 39.2 Å². The fraction of sp³-hybridized carbons (Fsp3) is 0.158. The largest absolute Gasteiger partial charge is 0.481 e. The SMILES string of the molecule is CC1=C(Oc2ccc(C(=S)Cc3ncc[nH]3)cc2)C=CC(C(=O)O)C1=S(=O)=O. The molecule has 0 saturated heterocycles. The lowest BCUT2D eigenvalue weighted by Gasteiger charge is -2.18. The maximum absolute atomic E-state index is 11.5. The highest BCUT2D eigenvalue weighted by Gasteiger charge is 2.29. The van der Waals surface area contributed by atoms with Crippen molar-refractivity contribution in [1.29, 1.82) is 0 Å². The number of imidazole rings is 1. The van der Waals surface area contributed by atoms with Crippen LogP contribution in [0.25, 0.3) is 0 Å². The van der Waals surface area contributed by atoms with Crippen molar-refractivity contribution in [2.24, 2.45) is 5.92 Å². The van der Waals surface area contributed by atoms with Crippen molar-refractivity contribution in [3.63, 3.8) is 0 Å². The molecule has 1 aromatic carbocycles. The minimum absolute atomic E-state index is 0.207. The molecule has 28 heavy (non-hydrogen) atoms. The molecule has 1 aliphatic rings. The minimum atomic E-state index is -2.67. The number of aromatic nitrogens is 2. The van der Waals surface area contributed by atoms with Crippen LogP contribution in [0.1, 0.15) is 18.3 Å². The summed E-state index contributed by atoms with van der Waals surface area (Å²) in [5, 5.41) is 9.20. The highest BCUT2D eigenvalue weighted by molar-refractivity contribution is 7.80. The summed E-state index contributed by atoms with van der Waals surface area (Å²) in [6.07, 6.45) is 6.68. The van der Waals surface area contributed by atoms with Crippen molar-refractivity contribution in [3.8, 4) is 5.75 Å². The molecule has 144 valence electrons. The molecule has 3 rings (SSSR count). The predicted molar refractivity (Wildman–Crippen MR) is 108 cm³/mol. The Morgan fingerprint density at radius 2 is 2.04 bits per heavy atom. The van der Waals surface area contributed by atoms with Crippen LogP contribution in [-0.2, 0) is 21.5 Å². The quantitative estimate of drug-likeness (QED) is 0.549. The first-order valence-electron chi connectivity index (χ1n) is 8.24. The van der Waals surface area contributed by atoms with Gasteiger partial charge in [0.05, 0.1) is 4.86 Å². The number of aromatic amines is 1. The van der Waals surface area contributed by atoms with Gasteiger partial charge in [-0.05, 0) is 30.7 Å². The van der Waals surface area contributed by atoms with E-state index in [1.807, 2.05) is 0 Å². The van der Waals surface area contributed by atoms with E-state index in [-0.39, 0.29) is 16.2 Å². The monoisotopic (exact) mass is 416 g/mol. The number of benzene rings is 1. The van der Waals surface area contributed by atoms with Gasteiger partial charge in [0.1, 0.15) is 23.3 Å². The molecular weight excluding hydrogens is 400 g/mol. The van der Waals surface area contributed by atoms with Gasteiger partial charge in [-0.25, -0.2) is 4.98 Å². The number of ether oxygens (including phenoxy) is 1. The topological polar surface area (TPSA) is 109 Å². The van der Waals surface area contributed by atoms with Crippen LogP contribution in [0.3, 0.4) is 0 Å². The number of carbonyl (C=O) groups is 1. The molecule has 0 spiro atoms. The number of rotatable bonds is 6. The summed E-state index contributed by atoms with van der Waals surface area (Å²) in [5.74, 6) is -0.911. The first-order valence-corrected chi connectivity index (χ1v) is 9.73. The Morgan fingerprint density at radius 1 is 1.32 bits per heavy atom. The third-order valence-corrected chi connectivity index (χ3v) is 5.49. The highest BCUT2D eigenvalue weighted by Crippen LogP contribution is 2.25. The summed E-state index contributed by atoms with van der Waals surface area (Å²) in [6, 6.07) is 7.04. The minimum Gasteiger partial charge on any atom is -0.481 e. The summed E-state index contributed by atoms with van der Waals surface area (Å²) >= 11 is 5.42. The molecule has 0 aliphatic heterocycles. The van der Waals surface area contributed by atoms with Crippen molar-refractivity contribution >= 4 is 38.2 Å². The maximum atomic E-state index is 11.5. The zero-order valence-electron chi connectivity index (χ0n) is 14.7. The average molecular weight is 416 g/mol. The van der Waals surface area contributed by atoms with Gasteiger partial charge in [0.25, 0.3) is 0 Å². The molecule has 0 radical (unpaired) electrons. The molecular formula is C19H16N2O5S2. The Hall–Kier alpha value is -3.04. The van der Waals surface area contributed by atoms with Crippen molar-refractivity contribution < 1.29 is 23.1 Å². The number of allylic oxidation sites excluding steroid dienone is 2. The lowest BCUT2D eigenvalue weighted by Crippen LogP contribution is -2.27. The molecule has 0 amide bonds. The van der Waals surface area contributed by atoms with Gasteiger partial charge in [-0.15, -0.1) is 0 Å². The summed E-state index contributed by atoms with van der Waals surface area (Å²) in [6.45, 7) is 1.52. The molecule has 1 aliphatic carbocycles. The van der Waals surface area contributed by atoms with Crippen LogP contribution in [0.2, 0.25) is 0 Å². The second kappa shape index (κ2) is 8.32.